The molecule has 1 aliphatic rings. The SMILES string of the molecule is CCOc1cc(C(=S)N2CCCC2)ccc1OCC(=O)NCc1ccccc1. The lowest BCUT2D eigenvalue weighted by Gasteiger charge is -2.20. The standard InChI is InChI=1S/C22H26N2O3S/c1-2-26-20-14-18(22(28)24-12-6-7-13-24)10-11-19(20)27-16-21(25)23-15-17-8-4-3-5-9-17/h3-5,8-11,14H,2,6-7,12-13,15-16H2,1H3,(H,23,25). The molecular weight excluding hydrogens is 372 g/mol. The van der Waals surface area contributed by atoms with Crippen LogP contribution in [-0.4, -0.2) is 42.1 Å². The minimum Gasteiger partial charge on any atom is -0.490 e. The molecule has 28 heavy (non-hydrogen) atoms. The second kappa shape index (κ2) is 10.1. The fraction of sp³-hybridized carbons (Fsp3) is 0.364. The molecule has 0 radical (unpaired) electrons. The van der Waals surface area contributed by atoms with Crippen LogP contribution in [0.5, 0.6) is 11.5 Å². The number of carbonyl (C=O) groups is 1. The number of amides is 1. The lowest BCUT2D eigenvalue weighted by molar-refractivity contribution is -0.123. The van der Waals surface area contributed by atoms with Crippen molar-refractivity contribution in [3.05, 3.63) is 59.7 Å². The third-order valence-electron chi connectivity index (χ3n) is 4.58. The molecule has 6 heteroatoms. The molecule has 1 aliphatic heterocycles. The second-order valence-corrected chi connectivity index (χ2v) is 7.03. The van der Waals surface area contributed by atoms with Crippen molar-refractivity contribution in [2.24, 2.45) is 0 Å². The van der Waals surface area contributed by atoms with E-state index in [4.69, 9.17) is 21.7 Å². The minimum atomic E-state index is -0.178. The van der Waals surface area contributed by atoms with Crippen LogP contribution in [0.2, 0.25) is 0 Å². The van der Waals surface area contributed by atoms with E-state index in [0.717, 1.165) is 29.2 Å². The van der Waals surface area contributed by atoms with Gasteiger partial charge in [0.15, 0.2) is 18.1 Å². The molecule has 0 saturated carbocycles. The number of likely N-dealkylation sites (tertiary alicyclic amines) is 1. The maximum Gasteiger partial charge on any atom is 0.258 e. The highest BCUT2D eigenvalue weighted by Gasteiger charge is 2.18. The van der Waals surface area contributed by atoms with Crippen molar-refractivity contribution in [1.82, 2.24) is 10.2 Å². The fourth-order valence-corrected chi connectivity index (χ4v) is 3.43. The summed E-state index contributed by atoms with van der Waals surface area (Å²) in [6, 6.07) is 15.4. The van der Waals surface area contributed by atoms with Crippen molar-refractivity contribution in [3.63, 3.8) is 0 Å². The molecule has 148 valence electrons. The van der Waals surface area contributed by atoms with Crippen molar-refractivity contribution in [2.45, 2.75) is 26.3 Å². The first kappa shape index (κ1) is 20.1. The molecule has 1 amide bonds. The Morgan fingerprint density at radius 1 is 1.07 bits per heavy atom. The summed E-state index contributed by atoms with van der Waals surface area (Å²) < 4.78 is 11.4. The highest BCUT2D eigenvalue weighted by molar-refractivity contribution is 7.80. The van der Waals surface area contributed by atoms with Gasteiger partial charge in [-0.1, -0.05) is 42.5 Å². The first-order valence-corrected chi connectivity index (χ1v) is 10.1. The van der Waals surface area contributed by atoms with Crippen LogP contribution in [0.25, 0.3) is 0 Å². The van der Waals surface area contributed by atoms with Crippen molar-refractivity contribution >= 4 is 23.1 Å². The predicted molar refractivity (Wildman–Crippen MR) is 114 cm³/mol. The van der Waals surface area contributed by atoms with Crippen molar-refractivity contribution in [2.75, 3.05) is 26.3 Å². The zero-order chi connectivity index (χ0) is 19.8. The smallest absolute Gasteiger partial charge is 0.258 e. The lowest BCUT2D eigenvalue weighted by atomic mass is 10.2. The number of hydrogen-bond acceptors (Lipinski definition) is 4. The molecule has 5 nitrogen and oxygen atoms in total. The van der Waals surface area contributed by atoms with Crippen LogP contribution < -0.4 is 14.8 Å². The molecule has 0 aromatic heterocycles. The van der Waals surface area contributed by atoms with Gasteiger partial charge < -0.3 is 19.7 Å². The number of hydrogen-bond donors (Lipinski definition) is 1. The van der Waals surface area contributed by atoms with Gasteiger partial charge in [0.25, 0.3) is 5.91 Å². The van der Waals surface area contributed by atoms with Gasteiger partial charge in [-0.05, 0) is 43.5 Å². The van der Waals surface area contributed by atoms with Crippen LogP contribution in [0.15, 0.2) is 48.5 Å². The summed E-state index contributed by atoms with van der Waals surface area (Å²) in [6.45, 7) is 4.84. The maximum absolute atomic E-state index is 12.1. The lowest BCUT2D eigenvalue weighted by Crippen LogP contribution is -2.28. The Morgan fingerprint density at radius 2 is 1.82 bits per heavy atom. The number of nitrogens with one attached hydrogen (secondary N) is 1. The summed E-state index contributed by atoms with van der Waals surface area (Å²) in [5.41, 5.74) is 1.99. The van der Waals surface area contributed by atoms with E-state index >= 15 is 0 Å². The summed E-state index contributed by atoms with van der Waals surface area (Å²) in [7, 11) is 0. The molecule has 2 aromatic carbocycles. The van der Waals surface area contributed by atoms with E-state index < -0.39 is 0 Å². The highest BCUT2D eigenvalue weighted by atomic mass is 32.1. The molecule has 1 saturated heterocycles. The summed E-state index contributed by atoms with van der Waals surface area (Å²) >= 11 is 5.62. The van der Waals surface area contributed by atoms with Gasteiger partial charge in [0.05, 0.1) is 6.61 Å². The van der Waals surface area contributed by atoms with Gasteiger partial charge >= 0.3 is 0 Å². The third-order valence-corrected chi connectivity index (χ3v) is 5.07. The predicted octanol–water partition coefficient (Wildman–Crippen LogP) is 3.55. The Labute approximate surface area is 171 Å². The Morgan fingerprint density at radius 3 is 2.54 bits per heavy atom. The van der Waals surface area contributed by atoms with E-state index in [1.54, 1.807) is 0 Å². The van der Waals surface area contributed by atoms with E-state index in [9.17, 15) is 4.79 Å². The monoisotopic (exact) mass is 398 g/mol. The van der Waals surface area contributed by atoms with Crippen molar-refractivity contribution in [1.29, 1.82) is 0 Å². The first-order valence-electron chi connectivity index (χ1n) is 9.67. The van der Waals surface area contributed by atoms with Gasteiger partial charge in [-0.2, -0.15) is 0 Å². The van der Waals surface area contributed by atoms with Gasteiger partial charge in [0.2, 0.25) is 0 Å². The van der Waals surface area contributed by atoms with Crippen LogP contribution in [0.1, 0.15) is 30.9 Å². The van der Waals surface area contributed by atoms with Gasteiger partial charge in [-0.15, -0.1) is 0 Å². The summed E-state index contributed by atoms with van der Waals surface area (Å²) in [6.07, 6.45) is 2.36. The minimum absolute atomic E-state index is 0.0666. The molecular formula is C22H26N2O3S. The molecule has 3 rings (SSSR count). The normalized spacial score (nSPS) is 13.2. The molecule has 0 unspecified atom stereocenters. The van der Waals surface area contributed by atoms with Crippen LogP contribution in [-0.2, 0) is 11.3 Å². The first-order chi connectivity index (χ1) is 13.7. The van der Waals surface area contributed by atoms with Crippen LogP contribution >= 0.6 is 12.2 Å². The summed E-state index contributed by atoms with van der Waals surface area (Å²) in [5.74, 6) is 0.977. The molecule has 0 atom stereocenters. The van der Waals surface area contributed by atoms with E-state index in [1.165, 1.54) is 12.8 Å². The third kappa shape index (κ3) is 5.45. The van der Waals surface area contributed by atoms with Crippen molar-refractivity contribution in [3.8, 4) is 11.5 Å². The average Bonchev–Trinajstić information content (AvgIpc) is 3.26. The number of nitrogens with zero attached hydrogens (tertiary/aromatic N) is 1. The average molecular weight is 399 g/mol. The highest BCUT2D eigenvalue weighted by Crippen LogP contribution is 2.29. The zero-order valence-corrected chi connectivity index (χ0v) is 17.0. The number of rotatable bonds is 8. The van der Waals surface area contributed by atoms with Crippen molar-refractivity contribution < 1.29 is 14.3 Å². The molecule has 0 aliphatic carbocycles. The molecule has 0 bridgehead atoms. The molecule has 1 heterocycles. The fourth-order valence-electron chi connectivity index (χ4n) is 3.12. The zero-order valence-electron chi connectivity index (χ0n) is 16.1. The van der Waals surface area contributed by atoms with Gasteiger partial charge in [-0.25, -0.2) is 0 Å². The Hall–Kier alpha value is -2.60. The number of ether oxygens (including phenoxy) is 2. The Kier molecular flexibility index (Phi) is 7.25. The second-order valence-electron chi connectivity index (χ2n) is 6.64. The van der Waals surface area contributed by atoms with Gasteiger partial charge in [0.1, 0.15) is 4.99 Å². The molecule has 2 aromatic rings. The molecule has 0 spiro atoms. The quantitative estimate of drug-likeness (QED) is 0.689. The van der Waals surface area contributed by atoms with E-state index in [0.29, 0.717) is 24.7 Å². The van der Waals surface area contributed by atoms with Crippen LogP contribution in [0.3, 0.4) is 0 Å². The van der Waals surface area contributed by atoms with Gasteiger partial charge in [0, 0.05) is 25.2 Å². The Bertz CT molecular complexity index is 805. The summed E-state index contributed by atoms with van der Waals surface area (Å²) in [5, 5.41) is 2.86. The topological polar surface area (TPSA) is 50.8 Å². The van der Waals surface area contributed by atoms with E-state index in [1.807, 2.05) is 55.5 Å². The Balaban J connectivity index is 1.59. The molecule has 1 fully saturated rings. The van der Waals surface area contributed by atoms with Crippen LogP contribution in [0.4, 0.5) is 0 Å². The number of benzene rings is 2. The van der Waals surface area contributed by atoms with Gasteiger partial charge in [-0.3, -0.25) is 4.79 Å². The van der Waals surface area contributed by atoms with E-state index in [2.05, 4.69) is 10.2 Å². The van der Waals surface area contributed by atoms with E-state index in [-0.39, 0.29) is 12.5 Å². The number of thiocarbonyl (C=S) groups is 1. The maximum atomic E-state index is 12.1. The summed E-state index contributed by atoms with van der Waals surface area (Å²) in [4.78, 5) is 15.2. The largest absolute Gasteiger partial charge is 0.490 e. The van der Waals surface area contributed by atoms with Crippen LogP contribution in [0, 0.1) is 0 Å². The molecule has 1 N–H and O–H groups in total. The number of carbonyl (C=O) groups excluding carboxylic acids is 1.